The molecule has 4 nitrogen and oxygen atoms in total. The van der Waals surface area contributed by atoms with Gasteiger partial charge in [-0.3, -0.25) is 4.79 Å². The number of rotatable bonds is 3. The number of anilines is 2. The standard InChI is InChI=1S/C19H24N2O2/c1-13-12-23-9-8-21(13)17-6-4-16(5-7-17)20-19(22)18-11-14-2-3-15(18)10-14/h2-7,13-15,18H,8-12H2,1H3,(H,20,22)/t13-,14+,15+,18-/m1/s1. The Labute approximate surface area is 137 Å². The molecular weight excluding hydrogens is 288 g/mol. The maximum absolute atomic E-state index is 12.5. The number of nitrogens with zero attached hydrogens (tertiary/aromatic N) is 1. The van der Waals surface area contributed by atoms with Crippen molar-refractivity contribution in [1.82, 2.24) is 0 Å². The second-order valence-electron chi connectivity index (χ2n) is 7.04. The molecule has 0 aromatic heterocycles. The number of hydrogen-bond donors (Lipinski definition) is 1. The monoisotopic (exact) mass is 312 g/mol. The number of fused-ring (bicyclic) bond motifs is 2. The van der Waals surface area contributed by atoms with Gasteiger partial charge in [-0.1, -0.05) is 12.2 Å². The summed E-state index contributed by atoms with van der Waals surface area (Å²) in [7, 11) is 0. The van der Waals surface area contributed by atoms with Crippen LogP contribution in [-0.2, 0) is 9.53 Å². The molecule has 3 aliphatic rings. The van der Waals surface area contributed by atoms with E-state index in [1.54, 1.807) is 0 Å². The van der Waals surface area contributed by atoms with Crippen LogP contribution in [-0.4, -0.2) is 31.7 Å². The van der Waals surface area contributed by atoms with Crippen LogP contribution >= 0.6 is 0 Å². The van der Waals surface area contributed by atoms with Crippen molar-refractivity contribution < 1.29 is 9.53 Å². The molecule has 2 aliphatic carbocycles. The van der Waals surface area contributed by atoms with E-state index >= 15 is 0 Å². The molecule has 1 aromatic carbocycles. The third-order valence-corrected chi connectivity index (χ3v) is 5.45. The van der Waals surface area contributed by atoms with E-state index in [2.05, 4.69) is 41.4 Å². The lowest BCUT2D eigenvalue weighted by Gasteiger charge is -2.35. The number of morpholine rings is 1. The molecule has 0 radical (unpaired) electrons. The lowest BCUT2D eigenvalue weighted by atomic mass is 9.93. The minimum atomic E-state index is 0.156. The zero-order chi connectivity index (χ0) is 15.8. The van der Waals surface area contributed by atoms with Gasteiger partial charge in [0.1, 0.15) is 0 Å². The molecule has 1 aromatic rings. The van der Waals surface area contributed by atoms with Gasteiger partial charge in [0.05, 0.1) is 13.2 Å². The molecule has 1 heterocycles. The fraction of sp³-hybridized carbons (Fsp3) is 0.526. The van der Waals surface area contributed by atoms with Crippen molar-refractivity contribution in [1.29, 1.82) is 0 Å². The van der Waals surface area contributed by atoms with Gasteiger partial charge in [-0.15, -0.1) is 0 Å². The molecular formula is C19H24N2O2. The third kappa shape index (κ3) is 2.88. The van der Waals surface area contributed by atoms with E-state index in [0.717, 1.165) is 38.3 Å². The first-order chi connectivity index (χ1) is 11.2. The van der Waals surface area contributed by atoms with Crippen molar-refractivity contribution >= 4 is 17.3 Å². The Morgan fingerprint density at radius 3 is 2.70 bits per heavy atom. The van der Waals surface area contributed by atoms with Gasteiger partial charge < -0.3 is 15.0 Å². The normalized spacial score (nSPS) is 32.3. The van der Waals surface area contributed by atoms with Crippen molar-refractivity contribution in [3.8, 4) is 0 Å². The number of amides is 1. The highest BCUT2D eigenvalue weighted by Gasteiger charge is 2.39. The van der Waals surface area contributed by atoms with Crippen molar-refractivity contribution in [3.63, 3.8) is 0 Å². The summed E-state index contributed by atoms with van der Waals surface area (Å²) >= 11 is 0. The van der Waals surface area contributed by atoms with Gasteiger partial charge in [-0.25, -0.2) is 0 Å². The number of carbonyl (C=O) groups is 1. The Hall–Kier alpha value is -1.81. The summed E-state index contributed by atoms with van der Waals surface area (Å²) in [4.78, 5) is 14.8. The number of carbonyl (C=O) groups excluding carboxylic acids is 1. The molecule has 23 heavy (non-hydrogen) atoms. The van der Waals surface area contributed by atoms with E-state index in [1.165, 1.54) is 5.69 Å². The minimum absolute atomic E-state index is 0.156. The lowest BCUT2D eigenvalue weighted by Crippen LogP contribution is -2.43. The van der Waals surface area contributed by atoms with Crippen molar-refractivity contribution in [2.75, 3.05) is 30.0 Å². The Balaban J connectivity index is 1.40. The van der Waals surface area contributed by atoms with Gasteiger partial charge in [0.15, 0.2) is 0 Å². The van der Waals surface area contributed by atoms with E-state index in [-0.39, 0.29) is 11.8 Å². The molecule has 4 rings (SSSR count). The predicted octanol–water partition coefficient (Wildman–Crippen LogP) is 3.06. The zero-order valence-electron chi connectivity index (χ0n) is 13.6. The molecule has 1 saturated heterocycles. The Kier molecular flexibility index (Phi) is 3.85. The molecule has 4 atom stereocenters. The summed E-state index contributed by atoms with van der Waals surface area (Å²) in [6.45, 7) is 4.65. The summed E-state index contributed by atoms with van der Waals surface area (Å²) in [5.41, 5.74) is 2.09. The van der Waals surface area contributed by atoms with Crippen LogP contribution in [0.5, 0.6) is 0 Å². The van der Waals surface area contributed by atoms with Crippen LogP contribution in [0, 0.1) is 17.8 Å². The Morgan fingerprint density at radius 1 is 1.22 bits per heavy atom. The van der Waals surface area contributed by atoms with E-state index in [1.807, 2.05) is 12.1 Å². The molecule has 1 N–H and O–H groups in total. The quantitative estimate of drug-likeness (QED) is 0.872. The number of nitrogens with one attached hydrogen (secondary N) is 1. The average molecular weight is 312 g/mol. The lowest BCUT2D eigenvalue weighted by molar-refractivity contribution is -0.120. The van der Waals surface area contributed by atoms with E-state index < -0.39 is 0 Å². The van der Waals surface area contributed by atoms with E-state index in [9.17, 15) is 4.79 Å². The molecule has 1 amide bonds. The fourth-order valence-corrected chi connectivity index (χ4v) is 4.16. The highest BCUT2D eigenvalue weighted by Crippen LogP contribution is 2.43. The topological polar surface area (TPSA) is 41.6 Å². The molecule has 4 heteroatoms. The first-order valence-corrected chi connectivity index (χ1v) is 8.64. The second kappa shape index (κ2) is 6.00. The molecule has 1 saturated carbocycles. The van der Waals surface area contributed by atoms with Crippen LogP contribution in [0.2, 0.25) is 0 Å². The summed E-state index contributed by atoms with van der Waals surface area (Å²) in [6, 6.07) is 8.61. The second-order valence-corrected chi connectivity index (χ2v) is 7.04. The van der Waals surface area contributed by atoms with Crippen LogP contribution in [0.1, 0.15) is 19.8 Å². The van der Waals surface area contributed by atoms with Crippen molar-refractivity contribution in [2.24, 2.45) is 17.8 Å². The number of benzene rings is 1. The molecule has 2 bridgehead atoms. The van der Waals surface area contributed by atoms with Gasteiger partial charge in [-0.2, -0.15) is 0 Å². The molecule has 0 unspecified atom stereocenters. The van der Waals surface area contributed by atoms with E-state index in [0.29, 0.717) is 17.9 Å². The maximum Gasteiger partial charge on any atom is 0.228 e. The molecule has 0 spiro atoms. The first kappa shape index (κ1) is 14.8. The van der Waals surface area contributed by atoms with Crippen LogP contribution in [0.4, 0.5) is 11.4 Å². The largest absolute Gasteiger partial charge is 0.377 e. The van der Waals surface area contributed by atoms with Gasteiger partial charge >= 0.3 is 0 Å². The van der Waals surface area contributed by atoms with Gasteiger partial charge in [0.25, 0.3) is 0 Å². The highest BCUT2D eigenvalue weighted by atomic mass is 16.5. The molecule has 2 fully saturated rings. The fourth-order valence-electron chi connectivity index (χ4n) is 4.16. The van der Waals surface area contributed by atoms with Gasteiger partial charge in [-0.05, 0) is 55.9 Å². The Morgan fingerprint density at radius 2 is 2.04 bits per heavy atom. The minimum Gasteiger partial charge on any atom is -0.377 e. The van der Waals surface area contributed by atoms with E-state index in [4.69, 9.17) is 4.74 Å². The number of hydrogen-bond acceptors (Lipinski definition) is 3. The van der Waals surface area contributed by atoms with Crippen molar-refractivity contribution in [3.05, 3.63) is 36.4 Å². The smallest absolute Gasteiger partial charge is 0.228 e. The third-order valence-electron chi connectivity index (χ3n) is 5.45. The zero-order valence-corrected chi connectivity index (χ0v) is 13.6. The first-order valence-electron chi connectivity index (χ1n) is 8.64. The number of ether oxygens (including phenoxy) is 1. The summed E-state index contributed by atoms with van der Waals surface area (Å²) in [5.74, 6) is 1.41. The van der Waals surface area contributed by atoms with Gasteiger partial charge in [0.2, 0.25) is 5.91 Å². The summed E-state index contributed by atoms with van der Waals surface area (Å²) in [5, 5.41) is 3.09. The van der Waals surface area contributed by atoms with Crippen molar-refractivity contribution in [2.45, 2.75) is 25.8 Å². The SMILES string of the molecule is C[C@@H]1COCCN1c1ccc(NC(=O)[C@@H]2C[C@H]3C=C[C@H]2C3)cc1. The predicted molar refractivity (Wildman–Crippen MR) is 91.5 cm³/mol. The molecule has 1 aliphatic heterocycles. The number of allylic oxidation sites excluding steroid dienone is 2. The Bertz CT molecular complexity index is 610. The summed E-state index contributed by atoms with van der Waals surface area (Å²) < 4.78 is 5.49. The maximum atomic E-state index is 12.5. The highest BCUT2D eigenvalue weighted by molar-refractivity contribution is 5.93. The van der Waals surface area contributed by atoms with Crippen LogP contribution in [0.25, 0.3) is 0 Å². The average Bonchev–Trinajstić information content (AvgIpc) is 3.19. The van der Waals surface area contributed by atoms with Crippen LogP contribution < -0.4 is 10.2 Å². The van der Waals surface area contributed by atoms with Crippen LogP contribution in [0.15, 0.2) is 36.4 Å². The van der Waals surface area contributed by atoms with Crippen LogP contribution in [0.3, 0.4) is 0 Å². The summed E-state index contributed by atoms with van der Waals surface area (Å²) in [6.07, 6.45) is 6.66. The van der Waals surface area contributed by atoms with Gasteiger partial charge in [0, 0.05) is 29.9 Å². The molecule has 122 valence electrons.